The summed E-state index contributed by atoms with van der Waals surface area (Å²) in [6.45, 7) is 3.02. The van der Waals surface area contributed by atoms with E-state index in [0.717, 1.165) is 5.56 Å². The zero-order valence-electron chi connectivity index (χ0n) is 17.9. The SMILES string of the molecule is COc1ccc(C(=O)COC(=O)c2ccc(C)c(S(=O)(=O)Nc3cccc(C)c3)c2)cc1. The number of methoxy groups -OCH3 is 1. The van der Waals surface area contributed by atoms with Crippen LogP contribution in [0.3, 0.4) is 0 Å². The van der Waals surface area contributed by atoms with Crippen LogP contribution >= 0.6 is 0 Å². The monoisotopic (exact) mass is 453 g/mol. The van der Waals surface area contributed by atoms with Crippen LogP contribution in [0, 0.1) is 13.8 Å². The largest absolute Gasteiger partial charge is 0.497 e. The lowest BCUT2D eigenvalue weighted by molar-refractivity contribution is 0.0474. The molecule has 0 aliphatic rings. The molecule has 0 aliphatic carbocycles. The molecule has 3 rings (SSSR count). The average Bonchev–Trinajstić information content (AvgIpc) is 2.77. The number of anilines is 1. The molecule has 0 saturated carbocycles. The third-order valence-corrected chi connectivity index (χ3v) is 6.25. The van der Waals surface area contributed by atoms with Gasteiger partial charge in [0.05, 0.1) is 17.6 Å². The Labute approximate surface area is 187 Å². The Hall–Kier alpha value is -3.65. The second kappa shape index (κ2) is 9.65. The number of carbonyl (C=O) groups is 2. The second-order valence-electron chi connectivity index (χ2n) is 7.18. The van der Waals surface area contributed by atoms with E-state index in [1.807, 2.05) is 13.0 Å². The Kier molecular flexibility index (Phi) is 6.95. The molecule has 7 nitrogen and oxygen atoms in total. The van der Waals surface area contributed by atoms with Gasteiger partial charge in [0.25, 0.3) is 10.0 Å². The fourth-order valence-corrected chi connectivity index (χ4v) is 4.33. The average molecular weight is 454 g/mol. The number of hydrogen-bond acceptors (Lipinski definition) is 6. The van der Waals surface area contributed by atoms with Gasteiger partial charge in [-0.3, -0.25) is 9.52 Å². The van der Waals surface area contributed by atoms with Gasteiger partial charge in [-0.05, 0) is 73.5 Å². The van der Waals surface area contributed by atoms with Crippen molar-refractivity contribution in [2.75, 3.05) is 18.4 Å². The van der Waals surface area contributed by atoms with Crippen LogP contribution in [0.1, 0.15) is 31.8 Å². The quantitative estimate of drug-likeness (QED) is 0.406. The van der Waals surface area contributed by atoms with E-state index >= 15 is 0 Å². The molecule has 0 fully saturated rings. The summed E-state index contributed by atoms with van der Waals surface area (Å²) in [6, 6.07) is 17.6. The summed E-state index contributed by atoms with van der Waals surface area (Å²) in [5.74, 6) is -0.577. The molecule has 32 heavy (non-hydrogen) atoms. The van der Waals surface area contributed by atoms with Crippen molar-refractivity contribution >= 4 is 27.5 Å². The van der Waals surface area contributed by atoms with Gasteiger partial charge in [0, 0.05) is 11.3 Å². The number of benzene rings is 3. The van der Waals surface area contributed by atoms with E-state index in [9.17, 15) is 18.0 Å². The van der Waals surface area contributed by atoms with Crippen molar-refractivity contribution in [1.82, 2.24) is 0 Å². The maximum Gasteiger partial charge on any atom is 0.338 e. The molecule has 0 heterocycles. The highest BCUT2D eigenvalue weighted by molar-refractivity contribution is 7.92. The predicted octanol–water partition coefficient (Wildman–Crippen LogP) is 4.15. The summed E-state index contributed by atoms with van der Waals surface area (Å²) in [6.07, 6.45) is 0. The molecule has 0 aromatic heterocycles. The van der Waals surface area contributed by atoms with Gasteiger partial charge in [0.1, 0.15) is 5.75 Å². The van der Waals surface area contributed by atoms with E-state index in [-0.39, 0.29) is 16.2 Å². The zero-order valence-corrected chi connectivity index (χ0v) is 18.7. The van der Waals surface area contributed by atoms with Crippen molar-refractivity contribution in [3.8, 4) is 5.75 Å². The van der Waals surface area contributed by atoms with Crippen molar-refractivity contribution in [2.24, 2.45) is 0 Å². The molecule has 0 aliphatic heterocycles. The summed E-state index contributed by atoms with van der Waals surface area (Å²) in [4.78, 5) is 24.7. The van der Waals surface area contributed by atoms with Crippen LogP contribution in [0.25, 0.3) is 0 Å². The van der Waals surface area contributed by atoms with E-state index in [1.54, 1.807) is 49.4 Å². The number of rotatable bonds is 8. The van der Waals surface area contributed by atoms with Gasteiger partial charge in [-0.2, -0.15) is 0 Å². The molecule has 0 radical (unpaired) electrons. The summed E-state index contributed by atoms with van der Waals surface area (Å²) in [5, 5.41) is 0. The first-order valence-electron chi connectivity index (χ1n) is 9.74. The summed E-state index contributed by atoms with van der Waals surface area (Å²) < 4.78 is 38.4. The van der Waals surface area contributed by atoms with Crippen molar-refractivity contribution < 1.29 is 27.5 Å². The summed E-state index contributed by atoms with van der Waals surface area (Å²) >= 11 is 0. The molecule has 3 aromatic rings. The Morgan fingerprint density at radius 1 is 0.906 bits per heavy atom. The van der Waals surface area contributed by atoms with E-state index in [0.29, 0.717) is 22.6 Å². The lowest BCUT2D eigenvalue weighted by atomic mass is 10.1. The van der Waals surface area contributed by atoms with Crippen LogP contribution in [0.4, 0.5) is 5.69 Å². The van der Waals surface area contributed by atoms with Gasteiger partial charge in [0.15, 0.2) is 12.4 Å². The Balaban J connectivity index is 1.73. The molecular formula is C24H23NO6S. The lowest BCUT2D eigenvalue weighted by Gasteiger charge is -2.12. The number of ketones is 1. The minimum atomic E-state index is -3.93. The van der Waals surface area contributed by atoms with E-state index in [2.05, 4.69) is 4.72 Å². The third kappa shape index (κ3) is 5.53. The Morgan fingerprint density at radius 3 is 2.25 bits per heavy atom. The first-order valence-corrected chi connectivity index (χ1v) is 11.2. The molecule has 1 N–H and O–H groups in total. The summed E-state index contributed by atoms with van der Waals surface area (Å²) in [5.41, 5.74) is 2.19. The van der Waals surface area contributed by atoms with Crippen LogP contribution in [-0.4, -0.2) is 33.9 Å². The fraction of sp³-hybridized carbons (Fsp3) is 0.167. The molecule has 3 aromatic carbocycles. The molecule has 166 valence electrons. The maximum absolute atomic E-state index is 12.9. The molecule has 0 saturated heterocycles. The number of nitrogens with one attached hydrogen (secondary N) is 1. The minimum absolute atomic E-state index is 0.0303. The molecule has 0 spiro atoms. The number of aryl methyl sites for hydroxylation is 2. The summed E-state index contributed by atoms with van der Waals surface area (Å²) in [7, 11) is -2.42. The van der Waals surface area contributed by atoms with Crippen molar-refractivity contribution in [3.63, 3.8) is 0 Å². The number of sulfonamides is 1. The molecule has 0 unspecified atom stereocenters. The Bertz CT molecular complexity index is 1250. The Morgan fingerprint density at radius 2 is 1.59 bits per heavy atom. The highest BCUT2D eigenvalue weighted by Gasteiger charge is 2.20. The molecule has 0 bridgehead atoms. The zero-order chi connectivity index (χ0) is 23.3. The standard InChI is InChI=1S/C24H23NO6S/c1-16-5-4-6-20(13-16)25-32(28,29)23-14-19(8-7-17(23)2)24(27)31-15-22(26)18-9-11-21(30-3)12-10-18/h4-14,25H,15H2,1-3H3. The molecule has 0 amide bonds. The number of carbonyl (C=O) groups excluding carboxylic acids is 2. The van der Waals surface area contributed by atoms with Crippen LogP contribution in [0.2, 0.25) is 0 Å². The van der Waals surface area contributed by atoms with Crippen molar-refractivity contribution in [1.29, 1.82) is 0 Å². The van der Waals surface area contributed by atoms with Crippen LogP contribution in [-0.2, 0) is 14.8 Å². The minimum Gasteiger partial charge on any atom is -0.497 e. The fourth-order valence-electron chi connectivity index (χ4n) is 3.01. The number of Topliss-reactive ketones (excluding diaryl/α,β-unsaturated/α-hetero) is 1. The maximum atomic E-state index is 12.9. The van der Waals surface area contributed by atoms with Crippen LogP contribution in [0.15, 0.2) is 71.6 Å². The number of esters is 1. The van der Waals surface area contributed by atoms with Crippen molar-refractivity contribution in [2.45, 2.75) is 18.7 Å². The second-order valence-corrected chi connectivity index (χ2v) is 8.83. The highest BCUT2D eigenvalue weighted by Crippen LogP contribution is 2.22. The van der Waals surface area contributed by atoms with E-state index in [4.69, 9.17) is 9.47 Å². The predicted molar refractivity (Wildman–Crippen MR) is 121 cm³/mol. The number of ether oxygens (including phenoxy) is 2. The highest BCUT2D eigenvalue weighted by atomic mass is 32.2. The first kappa shape index (κ1) is 23.0. The van der Waals surface area contributed by atoms with E-state index < -0.39 is 22.6 Å². The van der Waals surface area contributed by atoms with Gasteiger partial charge >= 0.3 is 5.97 Å². The number of hydrogen-bond donors (Lipinski definition) is 1. The first-order chi connectivity index (χ1) is 15.2. The van der Waals surface area contributed by atoms with Crippen LogP contribution < -0.4 is 9.46 Å². The lowest BCUT2D eigenvalue weighted by Crippen LogP contribution is -2.17. The van der Waals surface area contributed by atoms with E-state index in [1.165, 1.54) is 25.3 Å². The van der Waals surface area contributed by atoms with Crippen LogP contribution in [0.5, 0.6) is 5.75 Å². The smallest absolute Gasteiger partial charge is 0.338 e. The molecular weight excluding hydrogens is 430 g/mol. The molecule has 0 atom stereocenters. The van der Waals surface area contributed by atoms with Crippen molar-refractivity contribution in [3.05, 3.63) is 89.0 Å². The van der Waals surface area contributed by atoms with Gasteiger partial charge in [-0.25, -0.2) is 13.2 Å². The normalized spacial score (nSPS) is 11.0. The third-order valence-electron chi connectivity index (χ3n) is 4.73. The van der Waals surface area contributed by atoms with Gasteiger partial charge in [-0.15, -0.1) is 0 Å². The topological polar surface area (TPSA) is 98.8 Å². The van der Waals surface area contributed by atoms with Gasteiger partial charge < -0.3 is 9.47 Å². The van der Waals surface area contributed by atoms with Gasteiger partial charge in [0.2, 0.25) is 0 Å². The van der Waals surface area contributed by atoms with Gasteiger partial charge in [-0.1, -0.05) is 18.2 Å². The molecule has 8 heteroatoms.